The first-order valence-electron chi connectivity index (χ1n) is 8.07. The van der Waals surface area contributed by atoms with Crippen LogP contribution in [0.5, 0.6) is 0 Å². The molecule has 1 aromatic heterocycles. The summed E-state index contributed by atoms with van der Waals surface area (Å²) in [5.41, 5.74) is 2.66. The van der Waals surface area contributed by atoms with E-state index in [4.69, 9.17) is 4.42 Å². The summed E-state index contributed by atoms with van der Waals surface area (Å²) in [5.74, 6) is 1.19. The highest BCUT2D eigenvalue weighted by Gasteiger charge is 2.20. The first-order valence-corrected chi connectivity index (χ1v) is 8.07. The molecule has 0 radical (unpaired) electrons. The van der Waals surface area contributed by atoms with Gasteiger partial charge in [-0.15, -0.1) is 0 Å². The van der Waals surface area contributed by atoms with E-state index in [9.17, 15) is 4.79 Å². The van der Waals surface area contributed by atoms with Crippen LogP contribution in [0.3, 0.4) is 0 Å². The predicted octanol–water partition coefficient (Wildman–Crippen LogP) is 5.52. The van der Waals surface area contributed by atoms with Gasteiger partial charge in [-0.25, -0.2) is 0 Å². The van der Waals surface area contributed by atoms with E-state index in [1.807, 2.05) is 66.7 Å². The highest BCUT2D eigenvalue weighted by atomic mass is 16.3. The van der Waals surface area contributed by atoms with Gasteiger partial charge in [0.15, 0.2) is 5.76 Å². The Balaban J connectivity index is 2.00. The van der Waals surface area contributed by atoms with Gasteiger partial charge >= 0.3 is 0 Å². The molecule has 0 N–H and O–H groups in total. The molecule has 0 aliphatic carbocycles. The molecular formula is C21H20O2. The summed E-state index contributed by atoms with van der Waals surface area (Å²) in [6.45, 7) is 2.15. The van der Waals surface area contributed by atoms with E-state index in [1.54, 1.807) is 0 Å². The van der Waals surface area contributed by atoms with E-state index in [0.717, 1.165) is 36.1 Å². The van der Waals surface area contributed by atoms with Crippen molar-refractivity contribution in [1.29, 1.82) is 0 Å². The highest BCUT2D eigenvalue weighted by molar-refractivity contribution is 6.08. The number of carbonyl (C=O) groups is 1. The van der Waals surface area contributed by atoms with Crippen LogP contribution in [0.2, 0.25) is 0 Å². The maximum absolute atomic E-state index is 12.8. The maximum atomic E-state index is 12.8. The number of furan rings is 1. The van der Waals surface area contributed by atoms with Crippen molar-refractivity contribution in [2.45, 2.75) is 26.2 Å². The second-order valence-corrected chi connectivity index (χ2v) is 5.63. The fourth-order valence-electron chi connectivity index (χ4n) is 2.64. The Kier molecular flexibility index (Phi) is 4.72. The van der Waals surface area contributed by atoms with Gasteiger partial charge in [0.05, 0.1) is 0 Å². The van der Waals surface area contributed by atoms with Crippen molar-refractivity contribution in [3.63, 3.8) is 0 Å². The molecule has 0 spiro atoms. The third kappa shape index (κ3) is 3.42. The van der Waals surface area contributed by atoms with E-state index in [-0.39, 0.29) is 5.78 Å². The number of carbonyl (C=O) groups excluding carboxylic acids is 1. The van der Waals surface area contributed by atoms with Crippen LogP contribution in [0.25, 0.3) is 11.3 Å². The summed E-state index contributed by atoms with van der Waals surface area (Å²) >= 11 is 0. The Morgan fingerprint density at radius 1 is 0.957 bits per heavy atom. The van der Waals surface area contributed by atoms with Gasteiger partial charge in [0.25, 0.3) is 0 Å². The van der Waals surface area contributed by atoms with Gasteiger partial charge in [0.1, 0.15) is 5.76 Å². The van der Waals surface area contributed by atoms with Crippen molar-refractivity contribution in [3.05, 3.63) is 83.6 Å². The van der Waals surface area contributed by atoms with Gasteiger partial charge in [-0.3, -0.25) is 4.79 Å². The van der Waals surface area contributed by atoms with Crippen molar-refractivity contribution in [2.24, 2.45) is 0 Å². The van der Waals surface area contributed by atoms with Gasteiger partial charge in [-0.1, -0.05) is 74.0 Å². The number of hydrogen-bond donors (Lipinski definition) is 0. The minimum absolute atomic E-state index is 0.0427. The summed E-state index contributed by atoms with van der Waals surface area (Å²) in [5, 5.41) is 0. The zero-order valence-electron chi connectivity index (χ0n) is 13.3. The van der Waals surface area contributed by atoms with Gasteiger partial charge in [0.2, 0.25) is 5.78 Å². The van der Waals surface area contributed by atoms with Gasteiger partial charge < -0.3 is 4.42 Å². The molecule has 0 amide bonds. The molecular weight excluding hydrogens is 284 g/mol. The second kappa shape index (κ2) is 7.10. The monoisotopic (exact) mass is 304 g/mol. The number of rotatable bonds is 6. The molecule has 0 saturated carbocycles. The molecule has 2 heteroatoms. The van der Waals surface area contributed by atoms with Gasteiger partial charge in [-0.05, 0) is 18.9 Å². The molecule has 0 fully saturated rings. The molecule has 3 aromatic rings. The average molecular weight is 304 g/mol. The summed E-state index contributed by atoms with van der Waals surface area (Å²) in [4.78, 5) is 12.8. The fourth-order valence-corrected chi connectivity index (χ4v) is 2.64. The van der Waals surface area contributed by atoms with Gasteiger partial charge in [0, 0.05) is 16.7 Å². The fraction of sp³-hybridized carbons (Fsp3) is 0.190. The van der Waals surface area contributed by atoms with Crippen LogP contribution in [-0.2, 0) is 6.42 Å². The number of ketones is 1. The van der Waals surface area contributed by atoms with Crippen molar-refractivity contribution in [2.75, 3.05) is 0 Å². The molecule has 0 aliphatic rings. The zero-order valence-corrected chi connectivity index (χ0v) is 13.3. The molecule has 23 heavy (non-hydrogen) atoms. The molecule has 1 heterocycles. The average Bonchev–Trinajstić information content (AvgIpc) is 3.05. The van der Waals surface area contributed by atoms with E-state index < -0.39 is 0 Å². The molecule has 3 rings (SSSR count). The van der Waals surface area contributed by atoms with Crippen LogP contribution in [0.15, 0.2) is 71.1 Å². The van der Waals surface area contributed by atoms with E-state index in [2.05, 4.69) is 6.92 Å². The van der Waals surface area contributed by atoms with Crippen molar-refractivity contribution >= 4 is 5.78 Å². The normalized spacial score (nSPS) is 10.7. The largest absolute Gasteiger partial charge is 0.452 e. The van der Waals surface area contributed by atoms with Crippen LogP contribution in [0, 0.1) is 0 Å². The van der Waals surface area contributed by atoms with Crippen molar-refractivity contribution in [1.82, 2.24) is 0 Å². The summed E-state index contributed by atoms with van der Waals surface area (Å²) in [7, 11) is 0. The summed E-state index contributed by atoms with van der Waals surface area (Å²) < 4.78 is 5.96. The summed E-state index contributed by atoms with van der Waals surface area (Å²) in [6.07, 6.45) is 2.99. The molecule has 116 valence electrons. The number of unbranched alkanes of at least 4 members (excludes halogenated alkanes) is 1. The molecule has 0 unspecified atom stereocenters. The van der Waals surface area contributed by atoms with Crippen molar-refractivity contribution in [3.8, 4) is 11.3 Å². The molecule has 0 aliphatic heterocycles. The number of aryl methyl sites for hydroxylation is 1. The Labute approximate surface area is 136 Å². The zero-order chi connectivity index (χ0) is 16.1. The van der Waals surface area contributed by atoms with Crippen LogP contribution < -0.4 is 0 Å². The van der Waals surface area contributed by atoms with Crippen LogP contribution in [0.1, 0.15) is 41.4 Å². The SMILES string of the molecule is CCCCc1cc(-c2ccccc2)oc1C(=O)c1ccccc1. The topological polar surface area (TPSA) is 30.2 Å². The molecule has 2 aromatic carbocycles. The lowest BCUT2D eigenvalue weighted by atomic mass is 10.0. The Hall–Kier alpha value is -2.61. The maximum Gasteiger partial charge on any atom is 0.228 e. The number of benzene rings is 2. The van der Waals surface area contributed by atoms with Crippen LogP contribution in [0.4, 0.5) is 0 Å². The van der Waals surface area contributed by atoms with Crippen molar-refractivity contribution < 1.29 is 9.21 Å². The lowest BCUT2D eigenvalue weighted by molar-refractivity contribution is 0.101. The van der Waals surface area contributed by atoms with E-state index in [1.165, 1.54) is 0 Å². The van der Waals surface area contributed by atoms with E-state index in [0.29, 0.717) is 11.3 Å². The Morgan fingerprint density at radius 3 is 2.26 bits per heavy atom. The lowest BCUT2D eigenvalue weighted by Crippen LogP contribution is -2.02. The standard InChI is InChI=1S/C21H20O2/c1-2-3-10-18-15-19(16-11-6-4-7-12-16)23-21(18)20(22)17-13-8-5-9-14-17/h4-9,11-15H,2-3,10H2,1H3. The Bertz CT molecular complexity index is 770. The highest BCUT2D eigenvalue weighted by Crippen LogP contribution is 2.28. The van der Waals surface area contributed by atoms with E-state index >= 15 is 0 Å². The molecule has 0 saturated heterocycles. The third-order valence-corrected chi connectivity index (χ3v) is 3.91. The molecule has 2 nitrogen and oxygen atoms in total. The first-order chi connectivity index (χ1) is 11.3. The van der Waals surface area contributed by atoms with Crippen LogP contribution in [-0.4, -0.2) is 5.78 Å². The van der Waals surface area contributed by atoms with Gasteiger partial charge in [-0.2, -0.15) is 0 Å². The second-order valence-electron chi connectivity index (χ2n) is 5.63. The molecule has 0 bridgehead atoms. The molecule has 0 atom stereocenters. The predicted molar refractivity (Wildman–Crippen MR) is 92.6 cm³/mol. The van der Waals surface area contributed by atoms with Crippen LogP contribution >= 0.6 is 0 Å². The first kappa shape index (κ1) is 15.3. The third-order valence-electron chi connectivity index (χ3n) is 3.91. The smallest absolute Gasteiger partial charge is 0.228 e. The quantitative estimate of drug-likeness (QED) is 0.561. The number of hydrogen-bond acceptors (Lipinski definition) is 2. The minimum atomic E-state index is -0.0427. The minimum Gasteiger partial charge on any atom is -0.452 e. The Morgan fingerprint density at radius 2 is 1.61 bits per heavy atom. The lowest BCUT2D eigenvalue weighted by Gasteiger charge is -2.01. The summed E-state index contributed by atoms with van der Waals surface area (Å²) in [6, 6.07) is 21.3.